The Labute approximate surface area is 577 Å². The zero-order valence-electron chi connectivity index (χ0n) is 56.4. The Morgan fingerprint density at radius 2 is 1.27 bits per heavy atom. The monoisotopic (exact) mass is 1390 g/mol. The van der Waals surface area contributed by atoms with E-state index in [1.54, 1.807) is 50.3 Å². The average Bonchev–Trinajstić information content (AvgIpc) is 1.59. The highest BCUT2D eigenvalue weighted by Crippen LogP contribution is 2.49. The number of likely N-dealkylation sites (tertiary alicyclic amines) is 2. The number of carboxylic acid groups (broad SMARTS) is 1. The number of unbranched alkanes of at least 4 members (excludes halogenated alkanes) is 2. The molecule has 3 saturated heterocycles. The molecular weight excluding hydrogens is 1310 g/mol. The standard InChI is InChI=1S/C75H85F7N8O10/c1-84(36-14-22-67(92)86(3)59-27-29-60(30-28-59)90(71(96)97)37-13-5-8-21-66(91)85(2)43-44-87-38-31-61(32-39-87)100-70(95)83-64-20-12-10-18-62(64)52-15-6-4-7-16-52)68(93)49-98-65-47-53-17-9-11-19-63(53)72(65)33-40-88(41-34-72)42-35-73(55-23-25-58(76)26-24-55)50-89(51-99-73)69(94)54-45-56(74(77,78)79)48-57(46-54)75(80,81)82/h4,6-7,9-12,15-20,23-30,45-46,48,61,65H,5,8,13-14,21-22,31-44,47,49-51H2,1-3H3,(H,83,95)(H,96,97)/t65-,73-/m0/s1. The lowest BCUT2D eigenvalue weighted by atomic mass is 9.72. The Balaban J connectivity index is 0.623. The molecule has 25 heteroatoms. The maximum Gasteiger partial charge on any atom is 0.416 e. The minimum absolute atomic E-state index is 0.0105. The van der Waals surface area contributed by atoms with Crippen LogP contribution < -0.4 is 15.1 Å². The number of nitrogens with zero attached hydrogens (tertiary/aromatic N) is 7. The van der Waals surface area contributed by atoms with Crippen molar-refractivity contribution < 1.29 is 78.8 Å². The topological polar surface area (TPSA) is 185 Å². The summed E-state index contributed by atoms with van der Waals surface area (Å²) in [5, 5.41) is 13.1. The van der Waals surface area contributed by atoms with Gasteiger partial charge >= 0.3 is 24.5 Å². The number of alkyl halides is 6. The van der Waals surface area contributed by atoms with Crippen LogP contribution in [0.25, 0.3) is 11.1 Å². The van der Waals surface area contributed by atoms with Crippen LogP contribution >= 0.6 is 0 Å². The lowest BCUT2D eigenvalue weighted by Gasteiger charge is -2.44. The molecule has 10 rings (SSSR count). The van der Waals surface area contributed by atoms with E-state index in [2.05, 4.69) is 27.2 Å². The molecule has 100 heavy (non-hydrogen) atoms. The summed E-state index contributed by atoms with van der Waals surface area (Å²) >= 11 is 0. The molecule has 18 nitrogen and oxygen atoms in total. The fourth-order valence-corrected chi connectivity index (χ4v) is 14.0. The first-order chi connectivity index (χ1) is 47.8. The van der Waals surface area contributed by atoms with E-state index < -0.39 is 70.7 Å². The van der Waals surface area contributed by atoms with Crippen LogP contribution in [0, 0.1) is 5.82 Å². The van der Waals surface area contributed by atoms with Crippen molar-refractivity contribution in [3.05, 3.63) is 185 Å². The van der Waals surface area contributed by atoms with Crippen LogP contribution in [0.4, 0.5) is 57.4 Å². The molecule has 0 unspecified atom stereocenters. The minimum atomic E-state index is -5.16. The zero-order valence-corrected chi connectivity index (χ0v) is 56.4. The number of anilines is 3. The minimum Gasteiger partial charge on any atom is -0.465 e. The normalized spacial score (nSPS) is 17.9. The number of likely N-dealkylation sites (N-methyl/N-ethyl adjacent to an activating group) is 2. The van der Waals surface area contributed by atoms with E-state index in [9.17, 15) is 64.6 Å². The average molecular weight is 1390 g/mol. The molecule has 0 saturated carbocycles. The van der Waals surface area contributed by atoms with Gasteiger partial charge in [0.05, 0.1) is 29.5 Å². The molecule has 3 heterocycles. The van der Waals surface area contributed by atoms with Crippen molar-refractivity contribution >= 4 is 52.9 Å². The predicted molar refractivity (Wildman–Crippen MR) is 363 cm³/mol. The highest BCUT2D eigenvalue weighted by molar-refractivity contribution is 5.95. The molecule has 0 radical (unpaired) electrons. The first kappa shape index (κ1) is 73.8. The maximum absolute atomic E-state index is 14.3. The van der Waals surface area contributed by atoms with Gasteiger partial charge in [-0.25, -0.2) is 14.0 Å². The van der Waals surface area contributed by atoms with Gasteiger partial charge in [-0.05, 0) is 154 Å². The van der Waals surface area contributed by atoms with Gasteiger partial charge in [-0.15, -0.1) is 0 Å². The number of piperidine rings is 2. The second-order valence-corrected chi connectivity index (χ2v) is 26.4. The lowest BCUT2D eigenvalue weighted by Crippen LogP contribution is -2.50. The number of carbonyl (C=O) groups excluding carboxylic acids is 5. The highest BCUT2D eigenvalue weighted by Gasteiger charge is 2.50. The summed E-state index contributed by atoms with van der Waals surface area (Å²) in [7, 11) is 5.08. The number of hydrogen-bond acceptors (Lipinski definition) is 11. The second kappa shape index (κ2) is 32.6. The summed E-state index contributed by atoms with van der Waals surface area (Å²) in [6.07, 6.45) is -6.45. The third-order valence-electron chi connectivity index (χ3n) is 20.0. The Morgan fingerprint density at radius 3 is 1.95 bits per heavy atom. The van der Waals surface area contributed by atoms with Gasteiger partial charge in [0.15, 0.2) is 0 Å². The molecule has 3 aliphatic heterocycles. The number of ether oxygens (including phenoxy) is 3. The quantitative estimate of drug-likeness (QED) is 0.0387. The Morgan fingerprint density at radius 1 is 0.650 bits per heavy atom. The predicted octanol–water partition coefficient (Wildman–Crippen LogP) is 13.3. The molecule has 4 aliphatic rings. The number of para-hydroxylation sites is 1. The second-order valence-electron chi connectivity index (χ2n) is 26.4. The van der Waals surface area contributed by atoms with E-state index in [0.29, 0.717) is 132 Å². The van der Waals surface area contributed by atoms with Crippen LogP contribution in [-0.2, 0) is 58.4 Å². The van der Waals surface area contributed by atoms with Crippen LogP contribution in [0.2, 0.25) is 0 Å². The third-order valence-corrected chi connectivity index (χ3v) is 20.0. The summed E-state index contributed by atoms with van der Waals surface area (Å²) in [6, 6.07) is 38.3. The van der Waals surface area contributed by atoms with Gasteiger partial charge in [0.1, 0.15) is 30.9 Å². The largest absolute Gasteiger partial charge is 0.465 e. The van der Waals surface area contributed by atoms with E-state index in [-0.39, 0.29) is 75.1 Å². The number of rotatable bonds is 26. The van der Waals surface area contributed by atoms with Crippen molar-refractivity contribution in [3.63, 3.8) is 0 Å². The van der Waals surface area contributed by atoms with Crippen molar-refractivity contribution in [2.75, 3.05) is 115 Å². The molecule has 534 valence electrons. The summed E-state index contributed by atoms with van der Waals surface area (Å²) in [5.41, 5.74) is 0.528. The van der Waals surface area contributed by atoms with Crippen LogP contribution in [0.3, 0.4) is 0 Å². The Bertz CT molecular complexity index is 3780. The number of halogens is 7. The Kier molecular flexibility index (Phi) is 24.1. The van der Waals surface area contributed by atoms with Crippen LogP contribution in [0.15, 0.2) is 146 Å². The van der Waals surface area contributed by atoms with Gasteiger partial charge in [0.2, 0.25) is 17.7 Å². The lowest BCUT2D eigenvalue weighted by molar-refractivity contribution is -0.143. The molecule has 0 bridgehead atoms. The first-order valence-corrected chi connectivity index (χ1v) is 33.9. The van der Waals surface area contributed by atoms with Crippen molar-refractivity contribution in [2.24, 2.45) is 0 Å². The summed E-state index contributed by atoms with van der Waals surface area (Å²) in [4.78, 5) is 90.8. The summed E-state index contributed by atoms with van der Waals surface area (Å²) in [6.45, 7) is 3.88. The zero-order chi connectivity index (χ0) is 71.4. The summed E-state index contributed by atoms with van der Waals surface area (Å²) in [5.74, 6) is -2.08. The van der Waals surface area contributed by atoms with Gasteiger partial charge in [-0.1, -0.05) is 91.3 Å². The van der Waals surface area contributed by atoms with E-state index in [0.717, 1.165) is 40.2 Å². The number of carbonyl (C=O) groups is 6. The van der Waals surface area contributed by atoms with E-state index >= 15 is 0 Å². The SMILES string of the molecule is CN(CCN1CCC(OC(=O)Nc2ccccc2-c2ccccc2)CC1)C(=O)CCCCCN(C(=O)O)c1ccc(N(C)C(=O)CCCN(C)C(=O)CO[C@H]2Cc3ccccc3C23CCN(CC[C@@]2(c4ccc(F)cc4)CN(C(=O)c4cc(C(F)(F)F)cc(C(F)(F)F)c4)CO2)CC3)cc1. The molecule has 1 spiro atoms. The van der Waals surface area contributed by atoms with Gasteiger partial charge in [0, 0.05) is 108 Å². The number of hydrogen-bond donors (Lipinski definition) is 2. The number of benzene rings is 6. The van der Waals surface area contributed by atoms with Crippen LogP contribution in [0.5, 0.6) is 0 Å². The van der Waals surface area contributed by atoms with Crippen molar-refractivity contribution in [3.8, 4) is 11.1 Å². The first-order valence-electron chi connectivity index (χ1n) is 33.9. The van der Waals surface area contributed by atoms with Gasteiger partial charge in [0.25, 0.3) is 5.91 Å². The van der Waals surface area contributed by atoms with Crippen LogP contribution in [0.1, 0.15) is 109 Å². The molecular formula is C75H85F7N8O10. The van der Waals surface area contributed by atoms with Gasteiger partial charge in [-0.2, -0.15) is 26.3 Å². The van der Waals surface area contributed by atoms with Crippen molar-refractivity contribution in [2.45, 2.75) is 113 Å². The molecule has 6 aromatic carbocycles. The Hall–Kier alpha value is -8.91. The molecule has 6 aromatic rings. The fourth-order valence-electron chi connectivity index (χ4n) is 14.0. The van der Waals surface area contributed by atoms with E-state index in [1.165, 1.54) is 39.0 Å². The van der Waals surface area contributed by atoms with Crippen molar-refractivity contribution in [1.82, 2.24) is 24.5 Å². The van der Waals surface area contributed by atoms with E-state index in [4.69, 9.17) is 14.2 Å². The molecule has 2 N–H and O–H groups in total. The van der Waals surface area contributed by atoms with Crippen LogP contribution in [-0.4, -0.2) is 178 Å². The van der Waals surface area contributed by atoms with Crippen molar-refractivity contribution in [1.29, 1.82) is 0 Å². The number of nitrogens with one attached hydrogen (secondary N) is 1. The number of fused-ring (bicyclic) bond motifs is 2. The van der Waals surface area contributed by atoms with Gasteiger partial charge in [-0.3, -0.25) is 29.4 Å². The number of amides is 6. The molecule has 1 aliphatic carbocycles. The maximum atomic E-state index is 14.3. The summed E-state index contributed by atoms with van der Waals surface area (Å²) < 4.78 is 116. The fraction of sp³-hybridized carbons (Fsp3) is 0.440. The highest BCUT2D eigenvalue weighted by atomic mass is 19.4. The molecule has 6 amide bonds. The molecule has 0 aromatic heterocycles. The third kappa shape index (κ3) is 18.4. The van der Waals surface area contributed by atoms with Gasteiger partial charge < -0.3 is 48.7 Å². The smallest absolute Gasteiger partial charge is 0.416 e. The molecule has 2 atom stereocenters. The van der Waals surface area contributed by atoms with E-state index in [1.807, 2.05) is 66.7 Å². The molecule has 3 fully saturated rings.